The molecule has 5 rings (SSSR count). The van der Waals surface area contributed by atoms with Gasteiger partial charge in [-0.2, -0.15) is 0 Å². The highest BCUT2D eigenvalue weighted by atomic mass is 15.0. The van der Waals surface area contributed by atoms with Gasteiger partial charge in [0.1, 0.15) is 0 Å². The first-order valence-electron chi connectivity index (χ1n) is 17.6. The Balaban J connectivity index is 1.88. The van der Waals surface area contributed by atoms with Crippen LogP contribution in [0, 0.1) is 0 Å². The molecular weight excluding hydrogens is 600 g/mol. The van der Waals surface area contributed by atoms with Crippen LogP contribution >= 0.6 is 0 Å². The number of H-pyrrole nitrogens is 2. The van der Waals surface area contributed by atoms with E-state index in [1.807, 2.05) is 0 Å². The van der Waals surface area contributed by atoms with Crippen molar-refractivity contribution >= 4 is 24.3 Å². The molecule has 2 atom stereocenters. The molecule has 0 spiro atoms. The van der Waals surface area contributed by atoms with E-state index in [1.165, 1.54) is 44.5 Å². The Morgan fingerprint density at radius 3 is 1.12 bits per heavy atom. The van der Waals surface area contributed by atoms with Gasteiger partial charge in [-0.15, -0.1) is 0 Å². The fraction of sp³-hybridized carbons (Fsp3) is 0.500. The van der Waals surface area contributed by atoms with Crippen LogP contribution in [-0.4, -0.2) is 74.4 Å². The summed E-state index contributed by atoms with van der Waals surface area (Å²) in [6.45, 7) is 4.23. The van der Waals surface area contributed by atoms with Gasteiger partial charge in [-0.25, -0.2) is 0 Å². The number of hydrogen-bond donors (Lipinski definition) is 12. The van der Waals surface area contributed by atoms with Crippen LogP contribution in [0.5, 0.6) is 0 Å². The first kappa shape index (κ1) is 35.8. The number of nitrogens with one attached hydrogen (secondary N) is 4. The predicted molar refractivity (Wildman–Crippen MR) is 199 cm³/mol. The fourth-order valence-electron chi connectivity index (χ4n) is 7.86. The quantitative estimate of drug-likeness (QED) is 0.0966. The second kappa shape index (κ2) is 16.8. The topological polar surface area (TPSA) is 264 Å². The number of aromatic nitrogens is 2. The van der Waals surface area contributed by atoms with Crippen LogP contribution in [0.15, 0.2) is 33.7 Å². The van der Waals surface area contributed by atoms with E-state index in [2.05, 4.69) is 44.9 Å². The Labute approximate surface area is 284 Å². The second-order valence-corrected chi connectivity index (χ2v) is 12.8. The Kier molecular flexibility index (Phi) is 12.5. The van der Waals surface area contributed by atoms with Crippen molar-refractivity contribution in [3.8, 4) is 0 Å². The zero-order valence-electron chi connectivity index (χ0n) is 28.4. The van der Waals surface area contributed by atoms with Crippen molar-refractivity contribution in [1.29, 1.82) is 0 Å². The molecule has 12 nitrogen and oxygen atoms in total. The van der Waals surface area contributed by atoms with Crippen LogP contribution in [-0.2, 0) is 25.7 Å². The third kappa shape index (κ3) is 7.26. The van der Waals surface area contributed by atoms with Crippen molar-refractivity contribution in [3.63, 3.8) is 0 Å². The molecule has 262 valence electrons. The molecule has 20 N–H and O–H groups in total. The van der Waals surface area contributed by atoms with E-state index in [1.54, 1.807) is 0 Å². The summed E-state index contributed by atoms with van der Waals surface area (Å²) >= 11 is 0. The van der Waals surface area contributed by atoms with Crippen molar-refractivity contribution < 1.29 is 0 Å². The molecule has 0 aromatic carbocycles. The number of nitrogens with two attached hydrogens (primary N) is 8. The molecule has 48 heavy (non-hydrogen) atoms. The van der Waals surface area contributed by atoms with Crippen LogP contribution in [0.3, 0.4) is 0 Å². The summed E-state index contributed by atoms with van der Waals surface area (Å²) in [7, 11) is 0. The number of fused-ring (bicyclic) bond motifs is 8. The molecule has 0 fully saturated rings. The second-order valence-electron chi connectivity index (χ2n) is 12.8. The largest absolute Gasteiger partial charge is 0.375 e. The Bertz CT molecular complexity index is 1570. The summed E-state index contributed by atoms with van der Waals surface area (Å²) in [5.74, 6) is 0. The molecule has 0 radical (unpaired) electrons. The van der Waals surface area contributed by atoms with E-state index in [0.29, 0.717) is 52.4 Å². The average molecular weight is 659 g/mol. The molecular formula is C36H58N12. The van der Waals surface area contributed by atoms with Crippen molar-refractivity contribution in [2.75, 3.05) is 52.4 Å². The van der Waals surface area contributed by atoms with Gasteiger partial charge in [0.15, 0.2) is 0 Å². The minimum Gasteiger partial charge on any atom is -0.375 e. The summed E-state index contributed by atoms with van der Waals surface area (Å²) in [5, 5.41) is 9.82. The molecule has 2 unspecified atom stereocenters. The monoisotopic (exact) mass is 658 g/mol. The minimum absolute atomic E-state index is 0.0705. The number of aromatic amines is 2. The normalized spacial score (nSPS) is 22.4. The SMILES string of the molecule is NCCC1=C(CCN)C2/C=c3\[nH]/c(c(CCN)c3CCN)=C\C3N/C(=C\c4[nH]c(c(CCN)c4CCN)/C=C/1N2)C(CCN)=C3CCN. The molecule has 0 amide bonds. The average Bonchev–Trinajstić information content (AvgIpc) is 3.75. The lowest BCUT2D eigenvalue weighted by atomic mass is 9.95. The van der Waals surface area contributed by atoms with Gasteiger partial charge >= 0.3 is 0 Å². The lowest BCUT2D eigenvalue weighted by Crippen LogP contribution is -2.28. The van der Waals surface area contributed by atoms with Gasteiger partial charge in [-0.3, -0.25) is 0 Å². The smallest absolute Gasteiger partial charge is 0.0687 e. The van der Waals surface area contributed by atoms with Crippen LogP contribution in [0.1, 0.15) is 59.3 Å². The Hall–Kier alpha value is -3.46. The molecule has 2 aromatic rings. The highest BCUT2D eigenvalue weighted by Gasteiger charge is 2.30. The molecule has 2 aromatic heterocycles. The minimum atomic E-state index is -0.0705. The fourth-order valence-corrected chi connectivity index (χ4v) is 7.86. The Morgan fingerprint density at radius 1 is 0.417 bits per heavy atom. The highest BCUT2D eigenvalue weighted by molar-refractivity contribution is 5.71. The Morgan fingerprint density at radius 2 is 0.771 bits per heavy atom. The van der Waals surface area contributed by atoms with E-state index in [0.717, 1.165) is 84.8 Å². The number of hydrogen-bond acceptors (Lipinski definition) is 10. The van der Waals surface area contributed by atoms with Gasteiger partial charge in [0.05, 0.1) is 12.1 Å². The first-order chi connectivity index (χ1) is 23.5. The molecule has 3 aliphatic rings. The van der Waals surface area contributed by atoms with Crippen LogP contribution < -0.4 is 67.2 Å². The standard InChI is InChI=1S/C36H58N12/c37-9-1-21-22(2-10-38)30-18-32-25(5-13-41)26(6-14-42)34(47-32)20-36-28(8-16-44)27(7-15-43)35(48-36)19-33-24(4-12-40)23(3-11-39)31(46-33)17-29(21)45-30/h17-20,29,35,45-48H,1-16,37-44H2/b30-18-,31-17-,33-19-,36-20-. The third-order valence-corrected chi connectivity index (χ3v) is 9.80. The van der Waals surface area contributed by atoms with Crippen molar-refractivity contribution in [2.24, 2.45) is 45.9 Å². The van der Waals surface area contributed by atoms with E-state index >= 15 is 0 Å². The summed E-state index contributed by atoms with van der Waals surface area (Å²) in [5.41, 5.74) is 63.6. The third-order valence-electron chi connectivity index (χ3n) is 9.80. The van der Waals surface area contributed by atoms with E-state index in [-0.39, 0.29) is 12.1 Å². The summed E-state index contributed by atoms with van der Waals surface area (Å²) in [6, 6.07) is -0.141. The maximum absolute atomic E-state index is 6.22. The lowest BCUT2D eigenvalue weighted by Gasteiger charge is -2.12. The zero-order chi connectivity index (χ0) is 34.2. The summed E-state index contributed by atoms with van der Waals surface area (Å²) < 4.78 is 0. The predicted octanol–water partition coefficient (Wildman–Crippen LogP) is -1.76. The summed E-state index contributed by atoms with van der Waals surface area (Å²) in [6.07, 6.45) is 14.9. The number of rotatable bonds is 16. The maximum atomic E-state index is 6.22. The maximum Gasteiger partial charge on any atom is 0.0687 e. The van der Waals surface area contributed by atoms with Crippen molar-refractivity contribution in [2.45, 2.75) is 63.5 Å². The molecule has 0 saturated heterocycles. The number of allylic oxidation sites excluding steroid dienone is 2. The lowest BCUT2D eigenvalue weighted by molar-refractivity contribution is 0.791. The van der Waals surface area contributed by atoms with Crippen LogP contribution in [0.4, 0.5) is 0 Å². The first-order valence-corrected chi connectivity index (χ1v) is 17.6. The van der Waals surface area contributed by atoms with E-state index in [9.17, 15) is 0 Å². The molecule has 8 bridgehead atoms. The van der Waals surface area contributed by atoms with Gasteiger partial charge in [-0.1, -0.05) is 0 Å². The molecule has 12 heteroatoms. The van der Waals surface area contributed by atoms with Crippen LogP contribution in [0.2, 0.25) is 0 Å². The van der Waals surface area contributed by atoms with E-state index < -0.39 is 0 Å². The summed E-state index contributed by atoms with van der Waals surface area (Å²) in [4.78, 5) is 7.59. The van der Waals surface area contributed by atoms with Gasteiger partial charge in [-0.05, 0) is 173 Å². The van der Waals surface area contributed by atoms with Gasteiger partial charge in [0.2, 0.25) is 0 Å². The van der Waals surface area contributed by atoms with Gasteiger partial charge in [0.25, 0.3) is 0 Å². The zero-order valence-corrected chi connectivity index (χ0v) is 28.4. The highest BCUT2D eigenvalue weighted by Crippen LogP contribution is 2.35. The van der Waals surface area contributed by atoms with E-state index in [4.69, 9.17) is 45.9 Å². The molecule has 5 heterocycles. The van der Waals surface area contributed by atoms with Gasteiger partial charge < -0.3 is 66.5 Å². The molecule has 0 aliphatic carbocycles. The molecule has 3 aliphatic heterocycles. The van der Waals surface area contributed by atoms with Crippen molar-refractivity contribution in [3.05, 3.63) is 78.0 Å². The van der Waals surface area contributed by atoms with Gasteiger partial charge in [0, 0.05) is 33.5 Å². The molecule has 0 saturated carbocycles. The van der Waals surface area contributed by atoms with Crippen LogP contribution in [0.25, 0.3) is 24.3 Å². The van der Waals surface area contributed by atoms with Crippen molar-refractivity contribution in [1.82, 2.24) is 20.6 Å².